The highest BCUT2D eigenvalue weighted by Crippen LogP contribution is 2.23. The first kappa shape index (κ1) is 43.8. The highest BCUT2D eigenvalue weighted by Gasteiger charge is 2.40. The van der Waals surface area contributed by atoms with Gasteiger partial charge in [-0.3, -0.25) is 24.0 Å². The highest BCUT2D eigenvalue weighted by molar-refractivity contribution is 8.13. The van der Waals surface area contributed by atoms with Crippen molar-refractivity contribution in [3.05, 3.63) is 0 Å². The van der Waals surface area contributed by atoms with Crippen molar-refractivity contribution >= 4 is 87.6 Å². The minimum absolute atomic E-state index is 0.0194. The second-order valence-electron chi connectivity index (χ2n) is 9.46. The van der Waals surface area contributed by atoms with Gasteiger partial charge in [-0.1, -0.05) is 11.8 Å². The van der Waals surface area contributed by atoms with Crippen LogP contribution in [0, 0.1) is 5.41 Å². The number of hydrogen-bond acceptors (Lipinski definition) is 16. The number of ether oxygens (including phenoxy) is 4. The molecule has 0 fully saturated rings. The molecule has 0 rings (SSSR count). The summed E-state index contributed by atoms with van der Waals surface area (Å²) in [4.78, 5) is 61.1. The quantitative estimate of drug-likeness (QED) is 0.0320. The topological polar surface area (TPSA) is 162 Å². The summed E-state index contributed by atoms with van der Waals surface area (Å²) < 4.78 is 38.8. The number of rotatable bonds is 27. The number of thioether (sulfide) groups is 1. The van der Waals surface area contributed by atoms with Crippen molar-refractivity contribution in [3.8, 4) is 0 Å². The van der Waals surface area contributed by atoms with Gasteiger partial charge in [0.1, 0.15) is 31.8 Å². The summed E-state index contributed by atoms with van der Waals surface area (Å²) in [7, 11) is -2.80. The largest absolute Gasteiger partial charge is 0.500 e. The van der Waals surface area contributed by atoms with Crippen LogP contribution in [-0.4, -0.2) is 114 Å². The van der Waals surface area contributed by atoms with Crippen LogP contribution >= 0.6 is 49.6 Å². The molecule has 0 aromatic heterocycles. The maximum atomic E-state index is 12.6. The minimum atomic E-state index is -2.80. The van der Waals surface area contributed by atoms with Gasteiger partial charge in [-0.05, 0) is 27.2 Å². The van der Waals surface area contributed by atoms with Gasteiger partial charge in [-0.25, -0.2) is 0 Å². The van der Waals surface area contributed by atoms with E-state index in [4.69, 9.17) is 32.2 Å². The van der Waals surface area contributed by atoms with Crippen molar-refractivity contribution < 1.29 is 56.2 Å². The van der Waals surface area contributed by atoms with Gasteiger partial charge in [0, 0.05) is 55.4 Å². The molecule has 13 nitrogen and oxygen atoms in total. The van der Waals surface area contributed by atoms with Crippen LogP contribution in [0.1, 0.15) is 52.9 Å². The Bertz CT molecular complexity index is 815. The van der Waals surface area contributed by atoms with E-state index in [1.165, 1.54) is 0 Å². The fourth-order valence-electron chi connectivity index (χ4n) is 3.52. The lowest BCUT2D eigenvalue weighted by atomic mass is 9.92. The van der Waals surface area contributed by atoms with Gasteiger partial charge in [0.15, 0.2) is 0 Å². The fourth-order valence-corrected chi connectivity index (χ4v) is 7.34. The van der Waals surface area contributed by atoms with Crippen molar-refractivity contribution in [1.29, 1.82) is 0 Å². The average Bonchev–Trinajstić information content (AvgIpc) is 2.99. The van der Waals surface area contributed by atoms with Crippen LogP contribution < -0.4 is 5.32 Å². The van der Waals surface area contributed by atoms with E-state index in [0.29, 0.717) is 38.8 Å². The lowest BCUT2D eigenvalue weighted by Crippen LogP contribution is -2.46. The zero-order valence-electron chi connectivity index (χ0n) is 26.4. The number of nitrogens with one attached hydrogen (secondary N) is 1. The molecule has 0 aliphatic heterocycles. The molecule has 18 heteroatoms. The zero-order valence-corrected chi connectivity index (χ0v) is 30.9. The Morgan fingerprint density at radius 1 is 0.644 bits per heavy atom. The summed E-state index contributed by atoms with van der Waals surface area (Å²) in [5.74, 6) is -1.50. The molecule has 0 aromatic rings. The van der Waals surface area contributed by atoms with E-state index in [1.54, 1.807) is 0 Å². The molecule has 45 heavy (non-hydrogen) atoms. The van der Waals surface area contributed by atoms with Crippen molar-refractivity contribution in [2.24, 2.45) is 5.41 Å². The van der Waals surface area contributed by atoms with Crippen LogP contribution in [0.2, 0.25) is 6.04 Å². The van der Waals surface area contributed by atoms with Crippen LogP contribution in [0.5, 0.6) is 0 Å². The Morgan fingerprint density at radius 2 is 1.02 bits per heavy atom. The monoisotopic (exact) mass is 735 g/mol. The molecule has 0 aromatic carbocycles. The Hall–Kier alpha value is -1.15. The molecule has 0 aliphatic rings. The second kappa shape index (κ2) is 26.9. The first-order valence-corrected chi connectivity index (χ1v) is 19.6. The molecule has 1 amide bonds. The van der Waals surface area contributed by atoms with Gasteiger partial charge in [0.2, 0.25) is 0 Å². The molecular weight excluding hydrogens is 687 g/mol. The van der Waals surface area contributed by atoms with Crippen LogP contribution in [0.4, 0.5) is 4.79 Å². The molecule has 0 saturated heterocycles. The minimum Gasteiger partial charge on any atom is -0.465 e. The predicted molar refractivity (Wildman–Crippen MR) is 182 cm³/mol. The third-order valence-corrected chi connectivity index (χ3v) is 10.3. The van der Waals surface area contributed by atoms with Crippen LogP contribution in [0.3, 0.4) is 0 Å². The molecule has 1 N–H and O–H groups in total. The van der Waals surface area contributed by atoms with Gasteiger partial charge >= 0.3 is 32.7 Å². The summed E-state index contributed by atoms with van der Waals surface area (Å²) in [6.45, 7) is 5.97. The number of thiol groups is 3. The number of amides is 1. The molecule has 0 unspecified atom stereocenters. The molecule has 0 saturated carbocycles. The molecule has 0 heterocycles. The standard InChI is InChI=1S/C27H49NO12S4Si/c1-4-38-45(39-5-2,40-6-3)17-7-12-28-26(33)44-16-11-25(32)37-21-27(18-34-22(29)8-13-41,19-35-23(30)9-14-42)20-36-24(31)10-15-43/h41-43H,4-21H2,1-3H3,(H,28,33). The Kier molecular flexibility index (Phi) is 26.2. The van der Waals surface area contributed by atoms with E-state index in [2.05, 4.69) is 43.2 Å². The predicted octanol–water partition coefficient (Wildman–Crippen LogP) is 3.38. The third-order valence-electron chi connectivity index (χ3n) is 5.67. The van der Waals surface area contributed by atoms with E-state index >= 15 is 0 Å². The Labute approximate surface area is 288 Å². The molecular formula is C27H49NO12S4Si. The molecule has 262 valence electrons. The zero-order chi connectivity index (χ0) is 34.0. The van der Waals surface area contributed by atoms with E-state index in [1.807, 2.05) is 20.8 Å². The Balaban J connectivity index is 5.09. The third kappa shape index (κ3) is 21.4. The summed E-state index contributed by atoms with van der Waals surface area (Å²) >= 11 is 13.0. The molecule has 0 aliphatic carbocycles. The summed E-state index contributed by atoms with van der Waals surface area (Å²) in [6.07, 6.45) is 0.544. The Morgan fingerprint density at radius 3 is 1.38 bits per heavy atom. The first-order chi connectivity index (χ1) is 21.5. The number of esters is 4. The van der Waals surface area contributed by atoms with E-state index in [0.717, 1.165) is 11.8 Å². The first-order valence-electron chi connectivity index (χ1n) is 14.8. The molecule has 0 spiro atoms. The summed E-state index contributed by atoms with van der Waals surface area (Å²) in [5.41, 5.74) is -1.37. The van der Waals surface area contributed by atoms with E-state index < -0.39 is 38.1 Å². The van der Waals surface area contributed by atoms with Gasteiger partial charge in [-0.2, -0.15) is 37.9 Å². The van der Waals surface area contributed by atoms with E-state index in [9.17, 15) is 24.0 Å². The summed E-state index contributed by atoms with van der Waals surface area (Å²) in [5, 5.41) is 2.48. The SMILES string of the molecule is CCO[Si](CCCNC(=O)SCCC(=O)OCC(COC(=O)CCS)(COC(=O)CCS)COC(=O)CCS)(OCC)OCC. The molecule has 0 atom stereocenters. The van der Waals surface area contributed by atoms with Crippen molar-refractivity contribution in [3.63, 3.8) is 0 Å². The van der Waals surface area contributed by atoms with Crippen LogP contribution in [0.15, 0.2) is 0 Å². The molecule has 0 bridgehead atoms. The summed E-state index contributed by atoms with van der Waals surface area (Å²) in [6, 6.07) is 0.555. The maximum absolute atomic E-state index is 12.6. The fraction of sp³-hybridized carbons (Fsp3) is 0.815. The average molecular weight is 736 g/mol. The highest BCUT2D eigenvalue weighted by atomic mass is 32.2. The van der Waals surface area contributed by atoms with Gasteiger partial charge in [0.05, 0.1) is 25.7 Å². The van der Waals surface area contributed by atoms with Gasteiger partial charge < -0.3 is 37.5 Å². The van der Waals surface area contributed by atoms with Crippen molar-refractivity contribution in [2.75, 3.05) is 75.8 Å². The van der Waals surface area contributed by atoms with Crippen LogP contribution in [-0.2, 0) is 51.4 Å². The van der Waals surface area contributed by atoms with Crippen molar-refractivity contribution in [2.45, 2.75) is 58.9 Å². The number of carbonyl (C=O) groups excluding carboxylic acids is 5. The molecule has 0 radical (unpaired) electrons. The lowest BCUT2D eigenvalue weighted by Gasteiger charge is -2.31. The van der Waals surface area contributed by atoms with Crippen LogP contribution in [0.25, 0.3) is 0 Å². The van der Waals surface area contributed by atoms with Crippen molar-refractivity contribution in [1.82, 2.24) is 5.32 Å². The lowest BCUT2D eigenvalue weighted by molar-refractivity contribution is -0.170. The second-order valence-corrected chi connectivity index (χ2v) is 14.6. The van der Waals surface area contributed by atoms with Gasteiger partial charge in [-0.15, -0.1) is 0 Å². The van der Waals surface area contributed by atoms with E-state index in [-0.39, 0.29) is 80.4 Å². The number of carbonyl (C=O) groups is 5. The van der Waals surface area contributed by atoms with Gasteiger partial charge in [0.25, 0.3) is 5.24 Å². The smallest absolute Gasteiger partial charge is 0.465 e. The number of hydrogen-bond donors (Lipinski definition) is 4. The normalized spacial score (nSPS) is 11.5. The maximum Gasteiger partial charge on any atom is 0.500 e.